The monoisotopic (exact) mass is 256 g/mol. The second-order valence-corrected chi connectivity index (χ2v) is 4.45. The Balaban J connectivity index is 2.27. The number of nitro benzene ring substituents is 1. The van der Waals surface area contributed by atoms with E-state index in [1.54, 1.807) is 6.07 Å². The van der Waals surface area contributed by atoms with Crippen LogP contribution in [0, 0.1) is 10.1 Å². The Labute approximate surface area is 104 Å². The normalized spacial score (nSPS) is 14.7. The Morgan fingerprint density at radius 3 is 2.71 bits per heavy atom. The predicted molar refractivity (Wildman–Crippen MR) is 65.6 cm³/mol. The molecular weight excluding hydrogens is 244 g/mol. The molecule has 0 radical (unpaired) electrons. The van der Waals surface area contributed by atoms with E-state index in [0.29, 0.717) is 17.6 Å². The quantitative estimate of drug-likeness (QED) is 0.648. The zero-order valence-electron chi connectivity index (χ0n) is 9.17. The number of rotatable bonds is 5. The molecule has 5 nitrogen and oxygen atoms in total. The van der Waals surface area contributed by atoms with Crippen LogP contribution in [0.2, 0.25) is 5.02 Å². The number of non-ortho nitro benzene ring substituents is 1. The average molecular weight is 257 g/mol. The second-order valence-electron chi connectivity index (χ2n) is 4.04. The van der Waals surface area contributed by atoms with E-state index < -0.39 is 4.92 Å². The van der Waals surface area contributed by atoms with Gasteiger partial charge in [0.05, 0.1) is 22.2 Å². The van der Waals surface area contributed by atoms with E-state index in [0.717, 1.165) is 18.5 Å². The number of hydrogen-bond donors (Lipinski definition) is 1. The maximum Gasteiger partial charge on any atom is 0.271 e. The molecular formula is C11H13ClN2O3. The van der Waals surface area contributed by atoms with Crippen molar-refractivity contribution < 1.29 is 10.0 Å². The van der Waals surface area contributed by atoms with E-state index in [4.69, 9.17) is 16.7 Å². The van der Waals surface area contributed by atoms with E-state index >= 15 is 0 Å². The molecule has 0 amide bonds. The fourth-order valence-electron chi connectivity index (χ4n) is 1.84. The third-order valence-corrected chi connectivity index (χ3v) is 3.08. The van der Waals surface area contributed by atoms with E-state index in [1.165, 1.54) is 12.1 Å². The third kappa shape index (κ3) is 2.68. The van der Waals surface area contributed by atoms with Crippen molar-refractivity contribution in [1.29, 1.82) is 0 Å². The van der Waals surface area contributed by atoms with Crippen molar-refractivity contribution in [2.24, 2.45) is 0 Å². The number of nitrogens with zero attached hydrogens (tertiary/aromatic N) is 2. The molecule has 1 aromatic rings. The first-order valence-corrected chi connectivity index (χ1v) is 5.82. The van der Waals surface area contributed by atoms with Crippen molar-refractivity contribution in [2.45, 2.75) is 18.9 Å². The molecule has 17 heavy (non-hydrogen) atoms. The molecule has 1 saturated carbocycles. The van der Waals surface area contributed by atoms with Crippen LogP contribution in [0.3, 0.4) is 0 Å². The van der Waals surface area contributed by atoms with Crippen LogP contribution < -0.4 is 4.90 Å². The molecule has 0 unspecified atom stereocenters. The molecule has 0 atom stereocenters. The van der Waals surface area contributed by atoms with E-state index in [-0.39, 0.29) is 12.3 Å². The molecule has 0 saturated heterocycles. The lowest BCUT2D eigenvalue weighted by molar-refractivity contribution is -0.384. The molecule has 0 aliphatic heterocycles. The molecule has 1 N–H and O–H groups in total. The van der Waals surface area contributed by atoms with Crippen molar-refractivity contribution >= 4 is 23.0 Å². The molecule has 2 rings (SSSR count). The molecule has 0 heterocycles. The Morgan fingerprint density at radius 2 is 2.24 bits per heavy atom. The van der Waals surface area contributed by atoms with Gasteiger partial charge < -0.3 is 10.0 Å². The van der Waals surface area contributed by atoms with Crippen LogP contribution in [0.4, 0.5) is 11.4 Å². The van der Waals surface area contributed by atoms with Crippen LogP contribution >= 0.6 is 11.6 Å². The van der Waals surface area contributed by atoms with Crippen molar-refractivity contribution in [2.75, 3.05) is 18.1 Å². The van der Waals surface area contributed by atoms with Gasteiger partial charge in [-0.25, -0.2) is 0 Å². The van der Waals surface area contributed by atoms with E-state index in [1.807, 2.05) is 4.90 Å². The Morgan fingerprint density at radius 1 is 1.53 bits per heavy atom. The van der Waals surface area contributed by atoms with Crippen LogP contribution in [-0.4, -0.2) is 29.2 Å². The van der Waals surface area contributed by atoms with Crippen LogP contribution in [0.15, 0.2) is 18.2 Å². The number of benzene rings is 1. The highest BCUT2D eigenvalue weighted by molar-refractivity contribution is 6.33. The van der Waals surface area contributed by atoms with Gasteiger partial charge in [0.1, 0.15) is 0 Å². The zero-order valence-corrected chi connectivity index (χ0v) is 9.93. The van der Waals surface area contributed by atoms with Gasteiger partial charge in [0.15, 0.2) is 0 Å². The van der Waals surface area contributed by atoms with Gasteiger partial charge in [0, 0.05) is 24.7 Å². The van der Waals surface area contributed by atoms with Gasteiger partial charge in [-0.1, -0.05) is 11.6 Å². The number of aliphatic hydroxyl groups excluding tert-OH is 1. The minimum atomic E-state index is -0.469. The Hall–Kier alpha value is -1.33. The lowest BCUT2D eigenvalue weighted by Gasteiger charge is -2.24. The Bertz CT molecular complexity index is 435. The summed E-state index contributed by atoms with van der Waals surface area (Å²) in [5, 5.41) is 20.0. The van der Waals surface area contributed by atoms with Crippen molar-refractivity contribution in [3.8, 4) is 0 Å². The van der Waals surface area contributed by atoms with E-state index in [9.17, 15) is 10.1 Å². The predicted octanol–water partition coefficient (Wildman–Crippen LogP) is 2.21. The first-order chi connectivity index (χ1) is 8.13. The molecule has 6 heteroatoms. The van der Waals surface area contributed by atoms with Gasteiger partial charge in [0.25, 0.3) is 5.69 Å². The minimum Gasteiger partial charge on any atom is -0.395 e. The number of hydrogen-bond acceptors (Lipinski definition) is 4. The fraction of sp³-hybridized carbons (Fsp3) is 0.455. The number of aliphatic hydroxyl groups is 1. The summed E-state index contributed by atoms with van der Waals surface area (Å²) >= 11 is 6.05. The number of anilines is 1. The first-order valence-electron chi connectivity index (χ1n) is 5.45. The van der Waals surface area contributed by atoms with Gasteiger partial charge >= 0.3 is 0 Å². The minimum absolute atomic E-state index is 0.0153. The van der Waals surface area contributed by atoms with Gasteiger partial charge in [0.2, 0.25) is 0 Å². The molecule has 0 spiro atoms. The summed E-state index contributed by atoms with van der Waals surface area (Å²) in [4.78, 5) is 12.1. The molecule has 1 fully saturated rings. The largest absolute Gasteiger partial charge is 0.395 e. The topological polar surface area (TPSA) is 66.6 Å². The fourth-order valence-corrected chi connectivity index (χ4v) is 2.12. The summed E-state index contributed by atoms with van der Waals surface area (Å²) in [7, 11) is 0. The lowest BCUT2D eigenvalue weighted by atomic mass is 10.2. The van der Waals surface area contributed by atoms with Crippen LogP contribution in [0.5, 0.6) is 0 Å². The van der Waals surface area contributed by atoms with Gasteiger partial charge in [-0.05, 0) is 18.9 Å². The highest BCUT2D eigenvalue weighted by Gasteiger charge is 2.30. The summed E-state index contributed by atoms with van der Waals surface area (Å²) in [6.07, 6.45) is 2.15. The maximum absolute atomic E-state index is 10.6. The SMILES string of the molecule is O=[N+]([O-])c1ccc(N(CCO)C2CC2)c(Cl)c1. The summed E-state index contributed by atoms with van der Waals surface area (Å²) in [6, 6.07) is 4.84. The smallest absolute Gasteiger partial charge is 0.271 e. The van der Waals surface area contributed by atoms with Gasteiger partial charge in [-0.15, -0.1) is 0 Å². The molecule has 1 aliphatic carbocycles. The van der Waals surface area contributed by atoms with Crippen LogP contribution in [-0.2, 0) is 0 Å². The summed E-state index contributed by atoms with van der Waals surface area (Å²) in [6.45, 7) is 0.548. The zero-order chi connectivity index (χ0) is 12.4. The lowest BCUT2D eigenvalue weighted by Crippen LogP contribution is -2.29. The van der Waals surface area contributed by atoms with Crippen molar-refractivity contribution in [3.63, 3.8) is 0 Å². The second kappa shape index (κ2) is 4.89. The molecule has 0 bridgehead atoms. The van der Waals surface area contributed by atoms with Crippen molar-refractivity contribution in [3.05, 3.63) is 33.3 Å². The van der Waals surface area contributed by atoms with Crippen molar-refractivity contribution in [1.82, 2.24) is 0 Å². The highest BCUT2D eigenvalue weighted by atomic mass is 35.5. The highest BCUT2D eigenvalue weighted by Crippen LogP contribution is 2.36. The van der Waals surface area contributed by atoms with Crippen LogP contribution in [0.1, 0.15) is 12.8 Å². The summed E-state index contributed by atoms with van der Waals surface area (Å²) in [5.74, 6) is 0. The third-order valence-electron chi connectivity index (χ3n) is 2.78. The molecule has 92 valence electrons. The molecule has 0 aromatic heterocycles. The molecule has 1 aromatic carbocycles. The first kappa shape index (κ1) is 12.1. The van der Waals surface area contributed by atoms with Crippen LogP contribution in [0.25, 0.3) is 0 Å². The number of nitro groups is 1. The maximum atomic E-state index is 10.6. The summed E-state index contributed by atoms with van der Waals surface area (Å²) < 4.78 is 0. The Kier molecular flexibility index (Phi) is 3.49. The molecule has 1 aliphatic rings. The van der Waals surface area contributed by atoms with Gasteiger partial charge in [-0.2, -0.15) is 0 Å². The average Bonchev–Trinajstić information content (AvgIpc) is 3.10. The number of halogens is 1. The van der Waals surface area contributed by atoms with Gasteiger partial charge in [-0.3, -0.25) is 10.1 Å². The van der Waals surface area contributed by atoms with E-state index in [2.05, 4.69) is 0 Å². The standard InChI is InChI=1S/C11H13ClN2O3/c12-10-7-9(14(16)17)3-4-11(10)13(5-6-15)8-1-2-8/h3-4,7-8,15H,1-2,5-6H2. The summed E-state index contributed by atoms with van der Waals surface area (Å²) in [5.41, 5.74) is 0.743.